The molecule has 0 saturated carbocycles. The molecule has 0 aliphatic heterocycles. The van der Waals surface area contributed by atoms with E-state index in [4.69, 9.17) is 4.74 Å². The van der Waals surface area contributed by atoms with E-state index in [1.54, 1.807) is 37.4 Å². The summed E-state index contributed by atoms with van der Waals surface area (Å²) in [6.45, 7) is 4.37. The highest BCUT2D eigenvalue weighted by Gasteiger charge is 2.17. The maximum Gasteiger partial charge on any atom is 0.354 e. The van der Waals surface area contributed by atoms with E-state index in [-0.39, 0.29) is 5.69 Å². The number of benzene rings is 2. The van der Waals surface area contributed by atoms with Gasteiger partial charge in [-0.3, -0.25) is 0 Å². The van der Waals surface area contributed by atoms with E-state index >= 15 is 0 Å². The fourth-order valence-corrected chi connectivity index (χ4v) is 2.88. The van der Waals surface area contributed by atoms with Crippen molar-refractivity contribution in [2.75, 3.05) is 7.11 Å². The summed E-state index contributed by atoms with van der Waals surface area (Å²) in [6, 6.07) is 16.9. The number of carboxylic acids is 1. The summed E-state index contributed by atoms with van der Waals surface area (Å²) in [4.78, 5) is 11.7. The molecule has 0 unspecified atom stereocenters. The highest BCUT2D eigenvalue weighted by molar-refractivity contribution is 5.88. The number of rotatable bonds is 6. The lowest BCUT2D eigenvalue weighted by molar-refractivity contribution is 0.0687. The molecule has 3 aromatic rings. The second kappa shape index (κ2) is 7.44. The first-order valence-electron chi connectivity index (χ1n) is 8.55. The lowest BCUT2D eigenvalue weighted by atomic mass is 10.0. The summed E-state index contributed by atoms with van der Waals surface area (Å²) in [7, 11) is 1.59. The standard InChI is InChI=1S/C21H22N2O3/c1-14(2)12-15-4-6-16(7-5-15)19-13-20(21(24)25)23(22-19)17-8-10-18(26-3)11-9-17/h4-11,13-14H,12H2,1-3H3,(H,24,25). The quantitative estimate of drug-likeness (QED) is 0.713. The molecular formula is C21H22N2O3. The fourth-order valence-electron chi connectivity index (χ4n) is 2.88. The van der Waals surface area contributed by atoms with Crippen LogP contribution in [0, 0.1) is 5.92 Å². The number of methoxy groups -OCH3 is 1. The monoisotopic (exact) mass is 350 g/mol. The van der Waals surface area contributed by atoms with Crippen LogP contribution in [0.3, 0.4) is 0 Å². The number of carbonyl (C=O) groups is 1. The van der Waals surface area contributed by atoms with Gasteiger partial charge in [-0.25, -0.2) is 9.48 Å². The molecule has 26 heavy (non-hydrogen) atoms. The predicted octanol–water partition coefficient (Wildman–Crippen LogP) is 4.44. The van der Waals surface area contributed by atoms with Gasteiger partial charge in [0.05, 0.1) is 18.5 Å². The van der Waals surface area contributed by atoms with Gasteiger partial charge in [-0.1, -0.05) is 38.1 Å². The molecule has 1 heterocycles. The van der Waals surface area contributed by atoms with Crippen molar-refractivity contribution in [2.45, 2.75) is 20.3 Å². The summed E-state index contributed by atoms with van der Waals surface area (Å²) < 4.78 is 6.59. The van der Waals surface area contributed by atoms with Crippen molar-refractivity contribution in [3.63, 3.8) is 0 Å². The molecular weight excluding hydrogens is 328 g/mol. The molecule has 0 aliphatic carbocycles. The van der Waals surface area contributed by atoms with Gasteiger partial charge >= 0.3 is 5.97 Å². The highest BCUT2D eigenvalue weighted by atomic mass is 16.5. The van der Waals surface area contributed by atoms with Crippen LogP contribution < -0.4 is 4.74 Å². The van der Waals surface area contributed by atoms with E-state index in [0.29, 0.717) is 23.0 Å². The first-order chi connectivity index (χ1) is 12.5. The van der Waals surface area contributed by atoms with Gasteiger partial charge in [-0.15, -0.1) is 0 Å². The lowest BCUT2D eigenvalue weighted by Crippen LogP contribution is -2.07. The van der Waals surface area contributed by atoms with Crippen LogP contribution in [0.1, 0.15) is 29.9 Å². The van der Waals surface area contributed by atoms with Crippen LogP contribution in [0.25, 0.3) is 16.9 Å². The molecule has 5 nitrogen and oxygen atoms in total. The largest absolute Gasteiger partial charge is 0.497 e. The molecule has 0 spiro atoms. The molecule has 0 saturated heterocycles. The number of hydrogen-bond donors (Lipinski definition) is 1. The molecule has 1 aromatic heterocycles. The number of carboxylic acid groups (broad SMARTS) is 1. The minimum atomic E-state index is -1.02. The van der Waals surface area contributed by atoms with E-state index in [1.165, 1.54) is 10.2 Å². The zero-order chi connectivity index (χ0) is 18.7. The van der Waals surface area contributed by atoms with Crippen LogP contribution in [-0.4, -0.2) is 28.0 Å². The lowest BCUT2D eigenvalue weighted by Gasteiger charge is -2.06. The third-order valence-corrected chi connectivity index (χ3v) is 4.14. The van der Waals surface area contributed by atoms with Crippen molar-refractivity contribution >= 4 is 5.97 Å². The smallest absolute Gasteiger partial charge is 0.354 e. The topological polar surface area (TPSA) is 64.4 Å². The van der Waals surface area contributed by atoms with E-state index in [2.05, 4.69) is 31.1 Å². The van der Waals surface area contributed by atoms with Crippen LogP contribution in [0.2, 0.25) is 0 Å². The molecule has 5 heteroatoms. The number of aromatic nitrogens is 2. The third-order valence-electron chi connectivity index (χ3n) is 4.14. The van der Waals surface area contributed by atoms with Gasteiger partial charge in [0.25, 0.3) is 0 Å². The Morgan fingerprint density at radius 2 is 1.77 bits per heavy atom. The number of ether oxygens (including phenoxy) is 1. The summed E-state index contributed by atoms with van der Waals surface area (Å²) in [5.74, 6) is 0.281. The van der Waals surface area contributed by atoms with Crippen LogP contribution in [0.4, 0.5) is 0 Å². The highest BCUT2D eigenvalue weighted by Crippen LogP contribution is 2.24. The van der Waals surface area contributed by atoms with Crippen molar-refractivity contribution in [3.8, 4) is 22.7 Å². The van der Waals surface area contributed by atoms with E-state index in [1.807, 2.05) is 12.1 Å². The van der Waals surface area contributed by atoms with E-state index in [9.17, 15) is 9.90 Å². The number of aromatic carboxylic acids is 1. The minimum Gasteiger partial charge on any atom is -0.497 e. The summed E-state index contributed by atoms with van der Waals surface area (Å²) in [5.41, 5.74) is 3.58. The average Bonchev–Trinajstić information content (AvgIpc) is 3.07. The Hall–Kier alpha value is -3.08. The number of nitrogens with zero attached hydrogens (tertiary/aromatic N) is 2. The van der Waals surface area contributed by atoms with Gasteiger partial charge in [0.2, 0.25) is 0 Å². The third kappa shape index (κ3) is 3.77. The Balaban J connectivity index is 1.97. The maximum absolute atomic E-state index is 11.7. The maximum atomic E-state index is 11.7. The van der Waals surface area contributed by atoms with Crippen LogP contribution >= 0.6 is 0 Å². The van der Waals surface area contributed by atoms with Gasteiger partial charge in [0.1, 0.15) is 5.75 Å². The predicted molar refractivity (Wildman–Crippen MR) is 101 cm³/mol. The molecule has 0 radical (unpaired) electrons. The van der Waals surface area contributed by atoms with Crippen LogP contribution in [-0.2, 0) is 6.42 Å². The fraction of sp³-hybridized carbons (Fsp3) is 0.238. The molecule has 134 valence electrons. The van der Waals surface area contributed by atoms with Gasteiger partial charge < -0.3 is 9.84 Å². The molecule has 0 aliphatic rings. The number of hydrogen-bond acceptors (Lipinski definition) is 3. The Morgan fingerprint density at radius 3 is 2.31 bits per heavy atom. The molecule has 1 N–H and O–H groups in total. The molecule has 0 atom stereocenters. The Kier molecular flexibility index (Phi) is 5.07. The van der Waals surface area contributed by atoms with Crippen molar-refractivity contribution in [3.05, 3.63) is 65.9 Å². The molecule has 3 rings (SSSR count). The van der Waals surface area contributed by atoms with Crippen LogP contribution in [0.15, 0.2) is 54.6 Å². The van der Waals surface area contributed by atoms with Gasteiger partial charge in [0, 0.05) is 5.56 Å². The average molecular weight is 350 g/mol. The van der Waals surface area contributed by atoms with Gasteiger partial charge in [-0.2, -0.15) is 5.10 Å². The molecule has 2 aromatic carbocycles. The van der Waals surface area contributed by atoms with E-state index < -0.39 is 5.97 Å². The molecule has 0 amide bonds. The van der Waals surface area contributed by atoms with Crippen molar-refractivity contribution in [1.29, 1.82) is 0 Å². The summed E-state index contributed by atoms with van der Waals surface area (Å²) >= 11 is 0. The first kappa shape index (κ1) is 17.7. The van der Waals surface area contributed by atoms with Gasteiger partial charge in [0.15, 0.2) is 5.69 Å². The normalized spacial score (nSPS) is 10.9. The Bertz CT molecular complexity index is 894. The van der Waals surface area contributed by atoms with Gasteiger partial charge in [-0.05, 0) is 48.2 Å². The summed E-state index contributed by atoms with van der Waals surface area (Å²) in [5, 5.41) is 14.1. The van der Waals surface area contributed by atoms with E-state index in [0.717, 1.165) is 12.0 Å². The molecule has 0 fully saturated rings. The van der Waals surface area contributed by atoms with Crippen molar-refractivity contribution in [2.24, 2.45) is 5.92 Å². The second-order valence-electron chi connectivity index (χ2n) is 6.62. The second-order valence-corrected chi connectivity index (χ2v) is 6.62. The van der Waals surface area contributed by atoms with Crippen LogP contribution in [0.5, 0.6) is 5.75 Å². The molecule has 0 bridgehead atoms. The Morgan fingerprint density at radius 1 is 1.12 bits per heavy atom. The summed E-state index contributed by atoms with van der Waals surface area (Å²) in [6.07, 6.45) is 1.01. The Labute approximate surface area is 152 Å². The van der Waals surface area contributed by atoms with Crippen molar-refractivity contribution in [1.82, 2.24) is 9.78 Å². The zero-order valence-corrected chi connectivity index (χ0v) is 15.1. The first-order valence-corrected chi connectivity index (χ1v) is 8.55. The SMILES string of the molecule is COc1ccc(-n2nc(-c3ccc(CC(C)C)cc3)cc2C(=O)O)cc1. The van der Waals surface area contributed by atoms with Crippen molar-refractivity contribution < 1.29 is 14.6 Å². The zero-order valence-electron chi connectivity index (χ0n) is 15.1. The minimum absolute atomic E-state index is 0.122.